The van der Waals surface area contributed by atoms with Crippen LogP contribution in [0.2, 0.25) is 5.02 Å². The lowest BCUT2D eigenvalue weighted by Crippen LogP contribution is -2.18. The molecule has 0 bridgehead atoms. The predicted molar refractivity (Wildman–Crippen MR) is 72.5 cm³/mol. The molecule has 4 nitrogen and oxygen atoms in total. The minimum Gasteiger partial charge on any atom is -0.493 e. The number of methoxy groups -OCH3 is 1. The normalized spacial score (nSPS) is 22.3. The van der Waals surface area contributed by atoms with Gasteiger partial charge in [0, 0.05) is 5.56 Å². The van der Waals surface area contributed by atoms with Crippen molar-refractivity contribution >= 4 is 17.9 Å². The molecule has 2 atom stereocenters. The number of carbonyl (C=O) groups excluding carboxylic acids is 1. The largest absolute Gasteiger partial charge is 0.493 e. The summed E-state index contributed by atoms with van der Waals surface area (Å²) in [5.41, 5.74) is 0.458. The summed E-state index contributed by atoms with van der Waals surface area (Å²) in [5, 5.41) is 0.368. The summed E-state index contributed by atoms with van der Waals surface area (Å²) in [6.45, 7) is 2.48. The van der Waals surface area contributed by atoms with E-state index in [1.807, 2.05) is 6.92 Å². The predicted octanol–water partition coefficient (Wildman–Crippen LogP) is 3.11. The van der Waals surface area contributed by atoms with E-state index in [0.717, 1.165) is 19.1 Å². The third-order valence-electron chi connectivity index (χ3n) is 3.12. The molecule has 1 aliphatic heterocycles. The van der Waals surface area contributed by atoms with E-state index in [-0.39, 0.29) is 12.2 Å². The summed E-state index contributed by atoms with van der Waals surface area (Å²) in [5.74, 6) is 0.915. The molecule has 0 spiro atoms. The van der Waals surface area contributed by atoms with Crippen LogP contribution in [0.1, 0.15) is 30.1 Å². The first kappa shape index (κ1) is 14.2. The average molecular weight is 285 g/mol. The van der Waals surface area contributed by atoms with Crippen molar-refractivity contribution in [2.24, 2.45) is 0 Å². The number of benzene rings is 1. The van der Waals surface area contributed by atoms with Crippen molar-refractivity contribution in [3.63, 3.8) is 0 Å². The number of rotatable bonds is 5. The fourth-order valence-electron chi connectivity index (χ4n) is 2.13. The van der Waals surface area contributed by atoms with Crippen molar-refractivity contribution in [3.05, 3.63) is 22.7 Å². The van der Waals surface area contributed by atoms with E-state index in [1.165, 1.54) is 7.11 Å². The Morgan fingerprint density at radius 1 is 1.47 bits per heavy atom. The van der Waals surface area contributed by atoms with E-state index < -0.39 is 0 Å². The van der Waals surface area contributed by atoms with Crippen molar-refractivity contribution in [2.75, 3.05) is 13.7 Å². The Labute approximate surface area is 117 Å². The molecular formula is C14H17ClO4. The SMILES string of the molecule is COc1cc(C=O)cc(Cl)c1OCC1CCC(C)O1. The molecule has 5 heteroatoms. The number of carbonyl (C=O) groups is 1. The fourth-order valence-corrected chi connectivity index (χ4v) is 2.41. The van der Waals surface area contributed by atoms with Crippen LogP contribution in [0.4, 0.5) is 0 Å². The molecular weight excluding hydrogens is 268 g/mol. The molecule has 0 aliphatic carbocycles. The first-order valence-corrected chi connectivity index (χ1v) is 6.62. The van der Waals surface area contributed by atoms with E-state index in [1.54, 1.807) is 12.1 Å². The molecule has 1 fully saturated rings. The lowest BCUT2D eigenvalue weighted by atomic mass is 10.2. The number of hydrogen-bond acceptors (Lipinski definition) is 4. The molecule has 0 aromatic heterocycles. The Morgan fingerprint density at radius 3 is 2.84 bits per heavy atom. The third kappa shape index (κ3) is 3.39. The number of aldehydes is 1. The average Bonchev–Trinajstić information content (AvgIpc) is 2.82. The molecule has 2 unspecified atom stereocenters. The van der Waals surface area contributed by atoms with Gasteiger partial charge < -0.3 is 14.2 Å². The minimum absolute atomic E-state index is 0.0847. The second-order valence-electron chi connectivity index (χ2n) is 4.61. The summed E-state index contributed by atoms with van der Waals surface area (Å²) in [4.78, 5) is 10.8. The van der Waals surface area contributed by atoms with Crippen LogP contribution in [0.15, 0.2) is 12.1 Å². The van der Waals surface area contributed by atoms with Gasteiger partial charge in [0.05, 0.1) is 24.3 Å². The van der Waals surface area contributed by atoms with Crippen molar-refractivity contribution in [1.29, 1.82) is 0 Å². The molecule has 0 radical (unpaired) electrons. The van der Waals surface area contributed by atoms with Crippen LogP contribution >= 0.6 is 11.6 Å². The van der Waals surface area contributed by atoms with Gasteiger partial charge in [-0.3, -0.25) is 4.79 Å². The number of ether oxygens (including phenoxy) is 3. The summed E-state index contributed by atoms with van der Waals surface area (Å²) >= 11 is 6.10. The zero-order valence-electron chi connectivity index (χ0n) is 11.0. The van der Waals surface area contributed by atoms with Crippen molar-refractivity contribution in [1.82, 2.24) is 0 Å². The van der Waals surface area contributed by atoms with Crippen molar-refractivity contribution < 1.29 is 19.0 Å². The van der Waals surface area contributed by atoms with Crippen LogP contribution in [0.25, 0.3) is 0 Å². The maximum absolute atomic E-state index is 10.8. The molecule has 1 aromatic carbocycles. The van der Waals surface area contributed by atoms with E-state index in [0.29, 0.717) is 28.7 Å². The Kier molecular flexibility index (Phi) is 4.66. The highest BCUT2D eigenvalue weighted by Gasteiger charge is 2.23. The van der Waals surface area contributed by atoms with E-state index in [4.69, 9.17) is 25.8 Å². The quantitative estimate of drug-likeness (QED) is 0.780. The third-order valence-corrected chi connectivity index (χ3v) is 3.40. The zero-order chi connectivity index (χ0) is 13.8. The molecule has 19 heavy (non-hydrogen) atoms. The molecule has 1 saturated heterocycles. The zero-order valence-corrected chi connectivity index (χ0v) is 11.8. The molecule has 0 saturated carbocycles. The maximum atomic E-state index is 10.8. The summed E-state index contributed by atoms with van der Waals surface area (Å²) < 4.78 is 16.6. The summed E-state index contributed by atoms with van der Waals surface area (Å²) in [6.07, 6.45) is 3.11. The van der Waals surface area contributed by atoms with E-state index in [9.17, 15) is 4.79 Å². The molecule has 0 N–H and O–H groups in total. The Bertz CT molecular complexity index is 461. The number of halogens is 1. The smallest absolute Gasteiger partial charge is 0.179 e. The first-order valence-electron chi connectivity index (χ1n) is 6.25. The molecule has 1 aromatic rings. The Balaban J connectivity index is 2.08. The van der Waals surface area contributed by atoms with Gasteiger partial charge in [-0.2, -0.15) is 0 Å². The van der Waals surface area contributed by atoms with Crippen LogP contribution in [-0.2, 0) is 4.74 Å². The van der Waals surface area contributed by atoms with E-state index in [2.05, 4.69) is 0 Å². The van der Waals surface area contributed by atoms with Gasteiger partial charge >= 0.3 is 0 Å². The van der Waals surface area contributed by atoms with Gasteiger partial charge in [0.1, 0.15) is 12.9 Å². The summed E-state index contributed by atoms with van der Waals surface area (Å²) in [6, 6.07) is 3.16. The van der Waals surface area contributed by atoms with Gasteiger partial charge in [-0.15, -0.1) is 0 Å². The van der Waals surface area contributed by atoms with Crippen LogP contribution in [0.3, 0.4) is 0 Å². The molecule has 1 heterocycles. The van der Waals surface area contributed by atoms with Crippen LogP contribution < -0.4 is 9.47 Å². The van der Waals surface area contributed by atoms with E-state index >= 15 is 0 Å². The monoisotopic (exact) mass is 284 g/mol. The van der Waals surface area contributed by atoms with Gasteiger partial charge in [-0.1, -0.05) is 11.6 Å². The number of hydrogen-bond donors (Lipinski definition) is 0. The molecule has 2 rings (SSSR count). The Morgan fingerprint density at radius 2 is 2.26 bits per heavy atom. The van der Waals surface area contributed by atoms with Gasteiger partial charge in [0.2, 0.25) is 0 Å². The minimum atomic E-state index is 0.0847. The highest BCUT2D eigenvalue weighted by atomic mass is 35.5. The fraction of sp³-hybridized carbons (Fsp3) is 0.500. The summed E-state index contributed by atoms with van der Waals surface area (Å²) in [7, 11) is 1.52. The van der Waals surface area contributed by atoms with Gasteiger partial charge in [0.15, 0.2) is 11.5 Å². The highest BCUT2D eigenvalue weighted by molar-refractivity contribution is 6.32. The topological polar surface area (TPSA) is 44.8 Å². The Hall–Kier alpha value is -1.26. The van der Waals surface area contributed by atoms with Crippen molar-refractivity contribution in [3.8, 4) is 11.5 Å². The van der Waals surface area contributed by atoms with Gasteiger partial charge in [-0.05, 0) is 31.9 Å². The molecule has 1 aliphatic rings. The lowest BCUT2D eigenvalue weighted by Gasteiger charge is -2.16. The first-order chi connectivity index (χ1) is 9.13. The highest BCUT2D eigenvalue weighted by Crippen LogP contribution is 2.36. The van der Waals surface area contributed by atoms with Gasteiger partial charge in [0.25, 0.3) is 0 Å². The molecule has 0 amide bonds. The second-order valence-corrected chi connectivity index (χ2v) is 5.02. The molecule has 104 valence electrons. The maximum Gasteiger partial charge on any atom is 0.179 e. The van der Waals surface area contributed by atoms with Crippen LogP contribution in [0.5, 0.6) is 11.5 Å². The van der Waals surface area contributed by atoms with Crippen molar-refractivity contribution in [2.45, 2.75) is 32.0 Å². The lowest BCUT2D eigenvalue weighted by molar-refractivity contribution is 0.0259. The second kappa shape index (κ2) is 6.26. The van der Waals surface area contributed by atoms with Gasteiger partial charge in [-0.25, -0.2) is 0 Å². The van der Waals surface area contributed by atoms with Crippen LogP contribution in [0, 0.1) is 0 Å². The standard InChI is InChI=1S/C14H17ClO4/c1-9-3-4-11(19-9)8-18-14-12(15)5-10(7-16)6-13(14)17-2/h5-7,9,11H,3-4,8H2,1-2H3. The van der Waals surface area contributed by atoms with Crippen LogP contribution in [-0.4, -0.2) is 32.2 Å².